The molecule has 2 N–H and O–H groups in total. The van der Waals surface area contributed by atoms with Crippen molar-refractivity contribution < 1.29 is 9.53 Å². The van der Waals surface area contributed by atoms with Gasteiger partial charge in [-0.15, -0.1) is 0 Å². The highest BCUT2D eigenvalue weighted by Crippen LogP contribution is 2.16. The van der Waals surface area contributed by atoms with Gasteiger partial charge in [-0.1, -0.05) is 18.2 Å². The van der Waals surface area contributed by atoms with Gasteiger partial charge in [0.15, 0.2) is 4.77 Å². The lowest BCUT2D eigenvalue weighted by Crippen LogP contribution is -2.39. The number of rotatable bonds is 3. The summed E-state index contributed by atoms with van der Waals surface area (Å²) in [6, 6.07) is 9.64. The second-order valence-electron chi connectivity index (χ2n) is 5.09. The number of benzene rings is 1. The lowest BCUT2D eigenvalue weighted by atomic mass is 10.1. The summed E-state index contributed by atoms with van der Waals surface area (Å²) in [7, 11) is 0. The number of nitrogens with zero attached hydrogens (tertiary/aromatic N) is 1. The Morgan fingerprint density at radius 3 is 2.86 bits per heavy atom. The van der Waals surface area contributed by atoms with Gasteiger partial charge in [0.2, 0.25) is 0 Å². The van der Waals surface area contributed by atoms with Crippen molar-refractivity contribution in [1.82, 2.24) is 14.9 Å². The zero-order valence-electron chi connectivity index (χ0n) is 11.7. The van der Waals surface area contributed by atoms with Gasteiger partial charge in [-0.3, -0.25) is 9.36 Å². The van der Waals surface area contributed by atoms with E-state index >= 15 is 0 Å². The quantitative estimate of drug-likeness (QED) is 0.856. The van der Waals surface area contributed by atoms with Crippen molar-refractivity contribution >= 4 is 18.1 Å². The first-order valence-electron chi connectivity index (χ1n) is 6.95. The van der Waals surface area contributed by atoms with Crippen LogP contribution < -0.4 is 5.32 Å². The largest absolute Gasteiger partial charge is 0.376 e. The lowest BCUT2D eigenvalue weighted by molar-refractivity contribution is 0.0860. The van der Waals surface area contributed by atoms with Crippen LogP contribution in [0.1, 0.15) is 23.8 Å². The summed E-state index contributed by atoms with van der Waals surface area (Å²) in [6.45, 7) is 2.66. The van der Waals surface area contributed by atoms with Crippen LogP contribution in [0.4, 0.5) is 0 Å². The summed E-state index contributed by atoms with van der Waals surface area (Å²) in [5.74, 6) is -0.145. The highest BCUT2D eigenvalue weighted by molar-refractivity contribution is 7.71. The summed E-state index contributed by atoms with van der Waals surface area (Å²) in [4.78, 5) is 15.4. The molecule has 1 fully saturated rings. The summed E-state index contributed by atoms with van der Waals surface area (Å²) in [5.41, 5.74) is 1.37. The second-order valence-corrected chi connectivity index (χ2v) is 5.48. The third-order valence-corrected chi connectivity index (χ3v) is 4.02. The highest BCUT2D eigenvalue weighted by Gasteiger charge is 2.27. The van der Waals surface area contributed by atoms with Gasteiger partial charge in [0.25, 0.3) is 5.91 Å². The van der Waals surface area contributed by atoms with E-state index < -0.39 is 0 Å². The molecular weight excluding hydrogens is 286 g/mol. The average molecular weight is 303 g/mol. The Kier molecular flexibility index (Phi) is 3.90. The zero-order chi connectivity index (χ0) is 14.8. The minimum absolute atomic E-state index is 0.0426. The van der Waals surface area contributed by atoms with E-state index in [-0.39, 0.29) is 18.1 Å². The minimum Gasteiger partial charge on any atom is -0.376 e. The number of carbonyl (C=O) groups excluding carboxylic acids is 1. The van der Waals surface area contributed by atoms with Crippen LogP contribution in [0.2, 0.25) is 0 Å². The summed E-state index contributed by atoms with van der Waals surface area (Å²) in [6.07, 6.45) is 2.52. The number of H-pyrrole nitrogens is 1. The first kappa shape index (κ1) is 14.0. The highest BCUT2D eigenvalue weighted by atomic mass is 32.1. The van der Waals surface area contributed by atoms with Crippen LogP contribution in [0.3, 0.4) is 0 Å². The molecule has 0 saturated carbocycles. The molecule has 5 nitrogen and oxygen atoms in total. The smallest absolute Gasteiger partial charge is 0.270 e. The molecule has 1 aromatic heterocycles. The van der Waals surface area contributed by atoms with Crippen molar-refractivity contribution in [2.75, 3.05) is 6.61 Å². The summed E-state index contributed by atoms with van der Waals surface area (Å²) < 4.78 is 7.72. The summed E-state index contributed by atoms with van der Waals surface area (Å²) in [5, 5.41) is 3.02. The maximum absolute atomic E-state index is 12.5. The number of para-hydroxylation sites is 1. The van der Waals surface area contributed by atoms with E-state index in [1.54, 1.807) is 10.8 Å². The van der Waals surface area contributed by atoms with E-state index in [1.807, 2.05) is 37.3 Å². The predicted octanol–water partition coefficient (Wildman–Crippen LogP) is 2.44. The molecule has 0 spiro atoms. The molecule has 3 rings (SSSR count). The Hall–Kier alpha value is -1.92. The Morgan fingerprint density at radius 1 is 1.43 bits per heavy atom. The fraction of sp³-hybridized carbons (Fsp3) is 0.333. The molecule has 0 aliphatic carbocycles. The van der Waals surface area contributed by atoms with E-state index in [9.17, 15) is 4.79 Å². The molecule has 1 aliphatic rings. The number of amides is 1. The number of aromatic amines is 1. The van der Waals surface area contributed by atoms with Crippen molar-refractivity contribution in [3.63, 3.8) is 0 Å². The Labute approximate surface area is 127 Å². The molecule has 21 heavy (non-hydrogen) atoms. The molecule has 2 aromatic rings. The molecule has 6 heteroatoms. The van der Waals surface area contributed by atoms with Gasteiger partial charge < -0.3 is 15.0 Å². The molecule has 2 heterocycles. The molecular formula is C15H17N3O2S. The van der Waals surface area contributed by atoms with Crippen molar-refractivity contribution in [3.8, 4) is 5.69 Å². The second kappa shape index (κ2) is 5.83. The van der Waals surface area contributed by atoms with Gasteiger partial charge in [-0.05, 0) is 37.7 Å². The molecule has 2 atom stereocenters. The lowest BCUT2D eigenvalue weighted by Gasteiger charge is -2.16. The maximum Gasteiger partial charge on any atom is 0.270 e. The number of hydrogen-bond donors (Lipinski definition) is 2. The molecule has 1 saturated heterocycles. The maximum atomic E-state index is 12.5. The number of carbonyl (C=O) groups is 1. The standard InChI is InChI=1S/C15H17N3O2S/c1-10-12(7-8-20-10)17-14(19)13-9-16-15(21)18(13)11-5-3-2-4-6-11/h2-6,9-10,12H,7-8H2,1H3,(H,16,21)(H,17,19)/t10-,12-/m0/s1. The third kappa shape index (κ3) is 2.77. The first-order chi connectivity index (χ1) is 10.2. The van der Waals surface area contributed by atoms with Crippen LogP contribution in [0, 0.1) is 4.77 Å². The summed E-state index contributed by atoms with van der Waals surface area (Å²) >= 11 is 5.28. The van der Waals surface area contributed by atoms with E-state index in [1.165, 1.54) is 0 Å². The number of imidazole rings is 1. The zero-order valence-corrected chi connectivity index (χ0v) is 12.5. The topological polar surface area (TPSA) is 59.0 Å². The van der Waals surface area contributed by atoms with Crippen molar-refractivity contribution in [3.05, 3.63) is 47.0 Å². The fourth-order valence-electron chi connectivity index (χ4n) is 2.53. The Morgan fingerprint density at radius 2 is 2.19 bits per heavy atom. The molecule has 1 aromatic carbocycles. The molecule has 0 bridgehead atoms. The van der Waals surface area contributed by atoms with E-state index in [2.05, 4.69) is 10.3 Å². The van der Waals surface area contributed by atoms with E-state index in [0.29, 0.717) is 17.1 Å². The average Bonchev–Trinajstić information content (AvgIpc) is 3.06. The number of hydrogen-bond acceptors (Lipinski definition) is 3. The number of ether oxygens (including phenoxy) is 1. The number of aromatic nitrogens is 2. The third-order valence-electron chi connectivity index (χ3n) is 3.72. The Balaban J connectivity index is 1.89. The van der Waals surface area contributed by atoms with Crippen LogP contribution in [-0.2, 0) is 4.74 Å². The van der Waals surface area contributed by atoms with Gasteiger partial charge >= 0.3 is 0 Å². The van der Waals surface area contributed by atoms with Crippen LogP contribution >= 0.6 is 12.2 Å². The van der Waals surface area contributed by atoms with Crippen molar-refractivity contribution in [2.24, 2.45) is 0 Å². The van der Waals surface area contributed by atoms with Gasteiger partial charge in [0.05, 0.1) is 12.1 Å². The van der Waals surface area contributed by atoms with Crippen LogP contribution in [0.5, 0.6) is 0 Å². The normalized spacial score (nSPS) is 21.4. The van der Waals surface area contributed by atoms with Gasteiger partial charge in [-0.25, -0.2) is 0 Å². The van der Waals surface area contributed by atoms with E-state index in [4.69, 9.17) is 17.0 Å². The van der Waals surface area contributed by atoms with E-state index in [0.717, 1.165) is 12.1 Å². The van der Waals surface area contributed by atoms with Gasteiger partial charge in [0, 0.05) is 18.5 Å². The molecule has 1 aliphatic heterocycles. The molecule has 1 amide bonds. The predicted molar refractivity (Wildman–Crippen MR) is 82.2 cm³/mol. The van der Waals surface area contributed by atoms with Crippen LogP contribution in [-0.4, -0.2) is 34.2 Å². The Bertz CT molecular complexity index is 692. The van der Waals surface area contributed by atoms with Gasteiger partial charge in [0.1, 0.15) is 5.69 Å². The van der Waals surface area contributed by atoms with Crippen molar-refractivity contribution in [2.45, 2.75) is 25.5 Å². The fourth-order valence-corrected chi connectivity index (χ4v) is 2.80. The number of nitrogens with one attached hydrogen (secondary N) is 2. The van der Waals surface area contributed by atoms with Crippen molar-refractivity contribution in [1.29, 1.82) is 0 Å². The molecule has 0 unspecified atom stereocenters. The van der Waals surface area contributed by atoms with Crippen LogP contribution in [0.25, 0.3) is 5.69 Å². The minimum atomic E-state index is -0.145. The monoisotopic (exact) mass is 303 g/mol. The molecule has 0 radical (unpaired) electrons. The van der Waals surface area contributed by atoms with Crippen LogP contribution in [0.15, 0.2) is 36.5 Å². The SMILES string of the molecule is C[C@@H]1OCC[C@@H]1NC(=O)c1c[nH]c(=S)n1-c1ccccc1. The van der Waals surface area contributed by atoms with Gasteiger partial charge in [-0.2, -0.15) is 0 Å². The first-order valence-corrected chi connectivity index (χ1v) is 7.36. The molecule has 110 valence electrons.